The van der Waals surface area contributed by atoms with Crippen molar-refractivity contribution >= 4 is 11.1 Å². The smallest absolute Gasteiger partial charge is 0.118 e. The average molecular weight is 290 g/mol. The minimum Gasteiger partial charge on any atom is -0.497 e. The summed E-state index contributed by atoms with van der Waals surface area (Å²) in [4.78, 5) is 0. The highest BCUT2D eigenvalue weighted by Crippen LogP contribution is 2.38. The molecule has 22 heavy (non-hydrogen) atoms. The number of methoxy groups -OCH3 is 1. The maximum atomic E-state index is 5.27. The third-order valence-electron chi connectivity index (χ3n) is 4.32. The van der Waals surface area contributed by atoms with Gasteiger partial charge in [-0.2, -0.15) is 0 Å². The van der Waals surface area contributed by atoms with Gasteiger partial charge < -0.3 is 4.74 Å². The molecule has 0 spiro atoms. The largest absolute Gasteiger partial charge is 0.497 e. The van der Waals surface area contributed by atoms with E-state index in [0.717, 1.165) is 18.6 Å². The molecule has 2 aromatic rings. The zero-order valence-corrected chi connectivity index (χ0v) is 13.5. The lowest BCUT2D eigenvalue weighted by molar-refractivity contribution is 0.415. The number of benzene rings is 2. The Bertz CT molecular complexity index is 716. The number of hydrogen-bond acceptors (Lipinski definition) is 1. The second kappa shape index (κ2) is 6.23. The predicted octanol–water partition coefficient (Wildman–Crippen LogP) is 5.65. The fraction of sp³-hybridized carbons (Fsp3) is 0.238. The van der Waals surface area contributed by atoms with Crippen LogP contribution in [0.5, 0.6) is 5.75 Å². The predicted molar refractivity (Wildman–Crippen MR) is 94.0 cm³/mol. The fourth-order valence-electron chi connectivity index (χ4n) is 3.10. The van der Waals surface area contributed by atoms with Gasteiger partial charge in [0.15, 0.2) is 0 Å². The summed E-state index contributed by atoms with van der Waals surface area (Å²) in [5, 5.41) is 0. The van der Waals surface area contributed by atoms with Gasteiger partial charge in [-0.3, -0.25) is 0 Å². The SMILES string of the molecule is COc1ccc(C2=C(c3ccc(C)cc3)C(C)=CCC2)cc1. The van der Waals surface area contributed by atoms with Crippen molar-refractivity contribution in [1.29, 1.82) is 0 Å². The molecule has 0 heterocycles. The van der Waals surface area contributed by atoms with E-state index in [0.29, 0.717) is 0 Å². The van der Waals surface area contributed by atoms with Crippen LogP contribution >= 0.6 is 0 Å². The highest BCUT2D eigenvalue weighted by Gasteiger charge is 2.16. The van der Waals surface area contributed by atoms with Gasteiger partial charge in [-0.25, -0.2) is 0 Å². The second-order valence-corrected chi connectivity index (χ2v) is 5.87. The first-order chi connectivity index (χ1) is 10.7. The van der Waals surface area contributed by atoms with Crippen molar-refractivity contribution in [2.45, 2.75) is 26.7 Å². The quantitative estimate of drug-likeness (QED) is 0.709. The normalized spacial score (nSPS) is 14.8. The molecule has 0 amide bonds. The Balaban J connectivity index is 2.11. The van der Waals surface area contributed by atoms with E-state index < -0.39 is 0 Å². The molecule has 1 aliphatic carbocycles. The van der Waals surface area contributed by atoms with Crippen LogP contribution in [0.25, 0.3) is 11.1 Å². The van der Waals surface area contributed by atoms with Crippen molar-refractivity contribution in [1.82, 2.24) is 0 Å². The van der Waals surface area contributed by atoms with E-state index in [-0.39, 0.29) is 0 Å². The lowest BCUT2D eigenvalue weighted by Gasteiger charge is -2.21. The molecule has 0 aliphatic heterocycles. The third-order valence-corrected chi connectivity index (χ3v) is 4.32. The van der Waals surface area contributed by atoms with Crippen LogP contribution < -0.4 is 4.74 Å². The molecule has 0 fully saturated rings. The summed E-state index contributed by atoms with van der Waals surface area (Å²) in [7, 11) is 1.71. The Morgan fingerprint density at radius 1 is 0.818 bits per heavy atom. The molecule has 0 saturated carbocycles. The van der Waals surface area contributed by atoms with E-state index in [1.54, 1.807) is 7.11 Å². The number of rotatable bonds is 3. The van der Waals surface area contributed by atoms with Crippen LogP contribution in [0.2, 0.25) is 0 Å². The molecule has 112 valence electrons. The van der Waals surface area contributed by atoms with Crippen molar-refractivity contribution in [3.05, 3.63) is 76.9 Å². The molecule has 0 radical (unpaired) electrons. The van der Waals surface area contributed by atoms with Crippen LogP contribution in [-0.4, -0.2) is 7.11 Å². The van der Waals surface area contributed by atoms with Crippen LogP contribution in [-0.2, 0) is 0 Å². The Morgan fingerprint density at radius 3 is 2.09 bits per heavy atom. The van der Waals surface area contributed by atoms with Gasteiger partial charge in [-0.1, -0.05) is 48.0 Å². The van der Waals surface area contributed by atoms with Gasteiger partial charge in [0.2, 0.25) is 0 Å². The Morgan fingerprint density at radius 2 is 1.45 bits per heavy atom. The Kier molecular flexibility index (Phi) is 4.15. The molecule has 0 unspecified atom stereocenters. The van der Waals surface area contributed by atoms with E-state index in [1.807, 2.05) is 12.1 Å². The van der Waals surface area contributed by atoms with Gasteiger partial charge in [-0.05, 0) is 66.7 Å². The van der Waals surface area contributed by atoms with E-state index in [9.17, 15) is 0 Å². The third kappa shape index (κ3) is 2.85. The first-order valence-corrected chi connectivity index (χ1v) is 7.81. The van der Waals surface area contributed by atoms with Crippen LogP contribution in [0.4, 0.5) is 0 Å². The summed E-state index contributed by atoms with van der Waals surface area (Å²) in [5.74, 6) is 0.907. The van der Waals surface area contributed by atoms with Crippen LogP contribution in [0, 0.1) is 6.92 Å². The molecular weight excluding hydrogens is 268 g/mol. The first-order valence-electron chi connectivity index (χ1n) is 7.81. The highest BCUT2D eigenvalue weighted by molar-refractivity contribution is 5.99. The van der Waals surface area contributed by atoms with E-state index in [1.165, 1.54) is 33.4 Å². The van der Waals surface area contributed by atoms with Gasteiger partial charge in [0.1, 0.15) is 5.75 Å². The molecular formula is C21H22O. The average Bonchev–Trinajstić information content (AvgIpc) is 2.56. The Hall–Kier alpha value is -2.28. The summed E-state index contributed by atoms with van der Waals surface area (Å²) in [6.45, 7) is 4.35. The monoisotopic (exact) mass is 290 g/mol. The minimum absolute atomic E-state index is 0.907. The second-order valence-electron chi connectivity index (χ2n) is 5.87. The first kappa shape index (κ1) is 14.6. The molecule has 0 bridgehead atoms. The molecule has 3 rings (SSSR count). The van der Waals surface area contributed by atoms with Gasteiger partial charge in [-0.15, -0.1) is 0 Å². The summed E-state index contributed by atoms with van der Waals surface area (Å²) in [6.07, 6.45) is 4.55. The lowest BCUT2D eigenvalue weighted by atomic mass is 9.83. The number of ether oxygens (including phenoxy) is 1. The topological polar surface area (TPSA) is 9.23 Å². The molecule has 1 heteroatoms. The minimum atomic E-state index is 0.907. The zero-order valence-electron chi connectivity index (χ0n) is 13.5. The van der Waals surface area contributed by atoms with Gasteiger partial charge in [0, 0.05) is 0 Å². The molecule has 1 nitrogen and oxygen atoms in total. The summed E-state index contributed by atoms with van der Waals surface area (Å²) in [6, 6.07) is 17.3. The summed E-state index contributed by atoms with van der Waals surface area (Å²) < 4.78 is 5.27. The fourth-order valence-corrected chi connectivity index (χ4v) is 3.10. The van der Waals surface area contributed by atoms with E-state index >= 15 is 0 Å². The summed E-state index contributed by atoms with van der Waals surface area (Å²) >= 11 is 0. The number of allylic oxidation sites excluding steroid dienone is 4. The maximum Gasteiger partial charge on any atom is 0.118 e. The molecule has 0 aromatic heterocycles. The van der Waals surface area contributed by atoms with Gasteiger partial charge in [0.05, 0.1) is 7.11 Å². The van der Waals surface area contributed by atoms with Crippen LogP contribution in [0.1, 0.15) is 36.5 Å². The molecule has 0 saturated heterocycles. The molecule has 0 N–H and O–H groups in total. The molecule has 1 aliphatic rings. The van der Waals surface area contributed by atoms with Crippen LogP contribution in [0.15, 0.2) is 60.2 Å². The van der Waals surface area contributed by atoms with Crippen molar-refractivity contribution < 1.29 is 4.74 Å². The Labute approximate surface area is 133 Å². The van der Waals surface area contributed by atoms with Crippen molar-refractivity contribution in [2.75, 3.05) is 7.11 Å². The highest BCUT2D eigenvalue weighted by atomic mass is 16.5. The van der Waals surface area contributed by atoms with Gasteiger partial charge >= 0.3 is 0 Å². The standard InChI is InChI=1S/C21H22O/c1-15-7-9-18(10-8-15)21-16(2)5-4-6-20(21)17-11-13-19(22-3)14-12-17/h5,7-14H,4,6H2,1-3H3. The molecule has 0 atom stereocenters. The summed E-state index contributed by atoms with van der Waals surface area (Å²) in [5.41, 5.74) is 8.10. The van der Waals surface area contributed by atoms with Crippen molar-refractivity contribution in [3.63, 3.8) is 0 Å². The van der Waals surface area contributed by atoms with E-state index in [4.69, 9.17) is 4.74 Å². The van der Waals surface area contributed by atoms with Crippen LogP contribution in [0.3, 0.4) is 0 Å². The van der Waals surface area contributed by atoms with Crippen molar-refractivity contribution in [3.8, 4) is 5.75 Å². The molecule has 2 aromatic carbocycles. The van der Waals surface area contributed by atoms with Crippen molar-refractivity contribution in [2.24, 2.45) is 0 Å². The zero-order chi connectivity index (χ0) is 15.5. The lowest BCUT2D eigenvalue weighted by Crippen LogP contribution is -1.99. The maximum absolute atomic E-state index is 5.27. The number of hydrogen-bond donors (Lipinski definition) is 0. The van der Waals surface area contributed by atoms with E-state index in [2.05, 4.69) is 56.3 Å². The van der Waals surface area contributed by atoms with Gasteiger partial charge in [0.25, 0.3) is 0 Å². The number of aryl methyl sites for hydroxylation is 1.